The van der Waals surface area contributed by atoms with Crippen LogP contribution in [-0.4, -0.2) is 70.8 Å². The molecular formula is C28H32Cl2F2N4O5. The van der Waals surface area contributed by atoms with E-state index in [0.717, 1.165) is 18.7 Å². The summed E-state index contributed by atoms with van der Waals surface area (Å²) in [5, 5.41) is 15.0. The van der Waals surface area contributed by atoms with Gasteiger partial charge in [0.2, 0.25) is 0 Å². The van der Waals surface area contributed by atoms with E-state index in [9.17, 15) is 18.4 Å². The molecule has 2 unspecified atom stereocenters. The smallest absolute Gasteiger partial charge is 0.270 e. The van der Waals surface area contributed by atoms with Crippen LogP contribution in [0.1, 0.15) is 56.3 Å². The van der Waals surface area contributed by atoms with E-state index in [1.165, 1.54) is 18.3 Å². The molecule has 1 aliphatic carbocycles. The van der Waals surface area contributed by atoms with Crippen LogP contribution in [0.3, 0.4) is 0 Å². The molecular weight excluding hydrogens is 581 g/mol. The topological polar surface area (TPSA) is 113 Å². The molecule has 3 fully saturated rings. The Morgan fingerprint density at radius 3 is 2.37 bits per heavy atom. The van der Waals surface area contributed by atoms with Gasteiger partial charge in [-0.25, -0.2) is 13.8 Å². The minimum Gasteiger partial charge on any atom is -0.489 e. The molecule has 2 saturated heterocycles. The summed E-state index contributed by atoms with van der Waals surface area (Å²) in [6.07, 6.45) is 4.38. The van der Waals surface area contributed by atoms with Gasteiger partial charge in [0, 0.05) is 36.8 Å². The van der Waals surface area contributed by atoms with Crippen molar-refractivity contribution in [1.82, 2.24) is 15.6 Å². The zero-order valence-electron chi connectivity index (χ0n) is 22.6. The number of fused-ring (bicyclic) bond motifs is 2. The first-order valence-electron chi connectivity index (χ1n) is 13.5. The molecule has 222 valence electrons. The molecule has 1 aromatic carbocycles. The van der Waals surface area contributed by atoms with Crippen molar-refractivity contribution in [3.05, 3.63) is 46.1 Å². The van der Waals surface area contributed by atoms with Crippen molar-refractivity contribution in [1.29, 1.82) is 0 Å². The second-order valence-electron chi connectivity index (χ2n) is 11.2. The number of anilines is 1. The van der Waals surface area contributed by atoms with Gasteiger partial charge in [-0.15, -0.1) is 0 Å². The van der Waals surface area contributed by atoms with E-state index in [4.69, 9.17) is 37.8 Å². The predicted molar refractivity (Wildman–Crippen MR) is 149 cm³/mol. The molecule has 1 aromatic heterocycles. The average molecular weight is 613 g/mol. The largest absolute Gasteiger partial charge is 0.489 e. The molecule has 13 heteroatoms. The molecule has 2 aromatic rings. The number of hydrogen-bond acceptors (Lipinski definition) is 7. The highest BCUT2D eigenvalue weighted by molar-refractivity contribution is 6.36. The number of carbonyl (C=O) groups excluding carboxylic acids is 2. The van der Waals surface area contributed by atoms with Crippen molar-refractivity contribution >= 4 is 40.8 Å². The second kappa shape index (κ2) is 11.4. The van der Waals surface area contributed by atoms with Crippen molar-refractivity contribution in [2.45, 2.75) is 81.6 Å². The van der Waals surface area contributed by atoms with Gasteiger partial charge in [0.05, 0.1) is 28.3 Å². The highest BCUT2D eigenvalue weighted by atomic mass is 35.5. The Morgan fingerprint density at radius 1 is 1.12 bits per heavy atom. The van der Waals surface area contributed by atoms with Crippen LogP contribution in [0, 0.1) is 0 Å². The number of nitrogens with zero attached hydrogens (tertiary/aromatic N) is 2. The van der Waals surface area contributed by atoms with E-state index < -0.39 is 23.5 Å². The zero-order chi connectivity index (χ0) is 29.5. The molecule has 1 saturated carbocycles. The fraction of sp³-hybridized carbons (Fsp3) is 0.536. The van der Waals surface area contributed by atoms with Gasteiger partial charge in [-0.1, -0.05) is 23.2 Å². The lowest BCUT2D eigenvalue weighted by molar-refractivity contribution is -0.135. The number of amides is 2. The van der Waals surface area contributed by atoms with Gasteiger partial charge < -0.3 is 30.1 Å². The fourth-order valence-corrected chi connectivity index (χ4v) is 5.97. The van der Waals surface area contributed by atoms with Gasteiger partial charge in [0.15, 0.2) is 5.60 Å². The predicted octanol–water partition coefficient (Wildman–Crippen LogP) is 4.37. The number of nitrogens with one attached hydrogen (secondary N) is 2. The number of aliphatic hydroxyl groups is 1. The molecule has 2 bridgehead atoms. The van der Waals surface area contributed by atoms with Crippen LogP contribution >= 0.6 is 23.2 Å². The zero-order valence-corrected chi connectivity index (χ0v) is 24.1. The number of pyridine rings is 1. The summed E-state index contributed by atoms with van der Waals surface area (Å²) in [7, 11) is 0. The highest BCUT2D eigenvalue weighted by Gasteiger charge is 2.58. The first kappa shape index (κ1) is 29.6. The number of piperidine rings is 1. The van der Waals surface area contributed by atoms with Crippen LogP contribution in [0.2, 0.25) is 10.0 Å². The Bertz CT molecular complexity index is 1300. The Balaban J connectivity index is 1.18. The number of hydrogen-bond donors (Lipinski definition) is 3. The Labute approximate surface area is 246 Å². The summed E-state index contributed by atoms with van der Waals surface area (Å²) in [4.78, 5) is 32.3. The number of halogens is 4. The summed E-state index contributed by atoms with van der Waals surface area (Å²) < 4.78 is 37.7. The summed E-state index contributed by atoms with van der Waals surface area (Å²) in [6.45, 7) is 3.16. The molecule has 4 atom stereocenters. The van der Waals surface area contributed by atoms with E-state index in [1.54, 1.807) is 26.0 Å². The number of ether oxygens (including phenoxy) is 2. The molecule has 41 heavy (non-hydrogen) atoms. The van der Waals surface area contributed by atoms with E-state index in [2.05, 4.69) is 20.5 Å². The SMILES string of the molecule is CC(C)(Oc1cc(OCCO)c(Cl)cc1Cl)C(=O)NC1C[C@H]2CC[C@@H](C1)N2c1ccc(C(=O)NC2CC2(F)F)cn1. The molecule has 0 radical (unpaired) electrons. The van der Waals surface area contributed by atoms with E-state index in [-0.39, 0.29) is 70.8 Å². The van der Waals surface area contributed by atoms with Gasteiger partial charge in [-0.05, 0) is 57.7 Å². The minimum absolute atomic E-state index is 0.0443. The van der Waals surface area contributed by atoms with Crippen molar-refractivity contribution in [2.24, 2.45) is 0 Å². The van der Waals surface area contributed by atoms with Gasteiger partial charge in [0.1, 0.15) is 23.9 Å². The third kappa shape index (κ3) is 6.47. The maximum atomic E-state index is 13.3. The number of aliphatic hydroxyl groups excluding tert-OH is 1. The van der Waals surface area contributed by atoms with Gasteiger partial charge >= 0.3 is 0 Å². The van der Waals surface area contributed by atoms with Crippen LogP contribution in [0.4, 0.5) is 14.6 Å². The van der Waals surface area contributed by atoms with Crippen molar-refractivity contribution in [3.63, 3.8) is 0 Å². The maximum absolute atomic E-state index is 13.3. The fourth-order valence-electron chi connectivity index (χ4n) is 5.49. The summed E-state index contributed by atoms with van der Waals surface area (Å²) in [5.41, 5.74) is -1.02. The Hall–Kier alpha value is -2.89. The Kier molecular flexibility index (Phi) is 8.24. The van der Waals surface area contributed by atoms with E-state index >= 15 is 0 Å². The first-order chi connectivity index (χ1) is 19.4. The summed E-state index contributed by atoms with van der Waals surface area (Å²) in [6, 6.07) is 5.43. The molecule has 3 aliphatic rings. The molecule has 3 heterocycles. The quantitative estimate of drug-likeness (QED) is 0.365. The standard InChI is InChI=1S/C28H32Cl2F2N4O5/c1-27(2,41-22-12-21(40-8-7-37)19(29)11-20(22)30)26(39)34-16-9-17-4-5-18(10-16)36(17)24-6-3-15(14-33-24)25(38)35-23-13-28(23,31)32/h3,6,11-12,14,16-18,23,37H,4-5,7-10,13H2,1-2H3,(H,34,39)(H,35,38)/t16?,17-,18+,23?. The van der Waals surface area contributed by atoms with Crippen LogP contribution in [0.25, 0.3) is 0 Å². The van der Waals surface area contributed by atoms with Crippen LogP contribution in [0.5, 0.6) is 11.5 Å². The van der Waals surface area contributed by atoms with Crippen molar-refractivity contribution < 1.29 is 33.0 Å². The third-order valence-electron chi connectivity index (χ3n) is 7.72. The first-order valence-corrected chi connectivity index (χ1v) is 14.3. The number of rotatable bonds is 10. The highest BCUT2D eigenvalue weighted by Crippen LogP contribution is 2.42. The lowest BCUT2D eigenvalue weighted by Gasteiger charge is -2.40. The normalized spacial score (nSPS) is 24.5. The maximum Gasteiger partial charge on any atom is 0.270 e. The van der Waals surface area contributed by atoms with Crippen molar-refractivity contribution in [2.75, 3.05) is 18.1 Å². The second-order valence-corrected chi connectivity index (χ2v) is 12.0. The number of carbonyl (C=O) groups is 2. The number of aromatic nitrogens is 1. The molecule has 3 N–H and O–H groups in total. The van der Waals surface area contributed by atoms with Crippen LogP contribution < -0.4 is 25.0 Å². The third-order valence-corrected chi connectivity index (χ3v) is 8.31. The molecule has 2 aliphatic heterocycles. The van der Waals surface area contributed by atoms with Gasteiger partial charge in [-0.3, -0.25) is 9.59 Å². The molecule has 9 nitrogen and oxygen atoms in total. The van der Waals surface area contributed by atoms with Crippen LogP contribution in [0.15, 0.2) is 30.5 Å². The molecule has 5 rings (SSSR count). The number of alkyl halides is 2. The molecule has 0 spiro atoms. The van der Waals surface area contributed by atoms with Crippen LogP contribution in [-0.2, 0) is 4.79 Å². The lowest BCUT2D eigenvalue weighted by Crippen LogP contribution is -2.55. The average Bonchev–Trinajstić information content (AvgIpc) is 3.42. The number of benzene rings is 1. The van der Waals surface area contributed by atoms with Crippen molar-refractivity contribution in [3.8, 4) is 11.5 Å². The Morgan fingerprint density at radius 2 is 1.78 bits per heavy atom. The van der Waals surface area contributed by atoms with E-state index in [1.807, 2.05) is 0 Å². The monoisotopic (exact) mass is 612 g/mol. The van der Waals surface area contributed by atoms with Gasteiger partial charge in [-0.2, -0.15) is 0 Å². The minimum atomic E-state index is -2.83. The molecule has 2 amide bonds. The lowest BCUT2D eigenvalue weighted by atomic mass is 9.96. The summed E-state index contributed by atoms with van der Waals surface area (Å²) >= 11 is 12.5. The van der Waals surface area contributed by atoms with E-state index in [0.29, 0.717) is 12.8 Å². The van der Waals surface area contributed by atoms with Gasteiger partial charge in [0.25, 0.3) is 17.7 Å². The summed E-state index contributed by atoms with van der Waals surface area (Å²) in [5.74, 6) is -2.45.